The van der Waals surface area contributed by atoms with Crippen LogP contribution < -0.4 is 0 Å². The van der Waals surface area contributed by atoms with Crippen LogP contribution in [0.2, 0.25) is 0 Å². The van der Waals surface area contributed by atoms with Crippen molar-refractivity contribution in [2.24, 2.45) is 0 Å². The van der Waals surface area contributed by atoms with Crippen molar-refractivity contribution in [3.8, 4) is 0 Å². The van der Waals surface area contributed by atoms with Crippen LogP contribution >= 0.6 is 23.5 Å². The van der Waals surface area contributed by atoms with Crippen molar-refractivity contribution in [1.29, 1.82) is 0 Å². The molecule has 0 N–H and O–H groups in total. The summed E-state index contributed by atoms with van der Waals surface area (Å²) >= 11 is 2.88. The maximum absolute atomic E-state index is 12.5. The lowest BCUT2D eigenvalue weighted by Gasteiger charge is -2.38. The summed E-state index contributed by atoms with van der Waals surface area (Å²) in [5.41, 5.74) is 2.00. The van der Waals surface area contributed by atoms with Gasteiger partial charge in [-0.05, 0) is 11.1 Å². The van der Waals surface area contributed by atoms with Gasteiger partial charge in [0.15, 0.2) is 24.4 Å². The van der Waals surface area contributed by atoms with E-state index in [9.17, 15) is 24.0 Å². The highest BCUT2D eigenvalue weighted by molar-refractivity contribution is 8.16. The molecule has 0 spiro atoms. The Hall–Kier alpha value is -3.51. The minimum Gasteiger partial charge on any atom is -0.462 e. The lowest BCUT2D eigenvalue weighted by atomic mass is 10.0. The number of rotatable bonds is 16. The molecule has 0 aliphatic carbocycles. The molecule has 0 saturated carbocycles. The van der Waals surface area contributed by atoms with Crippen LogP contribution in [0.5, 0.6) is 0 Å². The molecule has 0 fully saturated rings. The Kier molecular flexibility index (Phi) is 15.0. The number of hydrogen-bond acceptors (Lipinski definition) is 12. The van der Waals surface area contributed by atoms with Crippen molar-refractivity contribution in [3.05, 3.63) is 71.8 Å². The van der Waals surface area contributed by atoms with Crippen LogP contribution in [0.25, 0.3) is 0 Å². The normalized spacial score (nSPS) is 13.7. The molecule has 42 heavy (non-hydrogen) atoms. The summed E-state index contributed by atoms with van der Waals surface area (Å²) < 4.78 is 26.9. The third-order valence-electron chi connectivity index (χ3n) is 5.47. The molecule has 0 aliphatic heterocycles. The van der Waals surface area contributed by atoms with Gasteiger partial charge in [-0.25, -0.2) is 0 Å². The van der Waals surface area contributed by atoms with Crippen molar-refractivity contribution < 1.29 is 47.7 Å². The second-order valence-corrected chi connectivity index (χ2v) is 11.7. The first-order chi connectivity index (χ1) is 20.0. The molecule has 228 valence electrons. The van der Waals surface area contributed by atoms with Gasteiger partial charge in [0.25, 0.3) is 0 Å². The van der Waals surface area contributed by atoms with Gasteiger partial charge in [0.2, 0.25) is 0 Å². The molecule has 2 rings (SSSR count). The minimum absolute atomic E-state index is 0.504. The molecule has 0 radical (unpaired) electrons. The maximum atomic E-state index is 12.5. The Balaban J connectivity index is 2.60. The standard InChI is InChI=1S/C30H36O10S2/c1-19(31)36-16-26(37-20(2)32)27(38-21(3)33)28(39-22(4)34)29(40-23(5)35)30(41-17-24-12-8-6-9-13-24)42-18-25-14-10-7-11-15-25/h6-15,26-30H,16-18H2,1-5H3/t26-,27+,28+,29+/m1/s1. The zero-order chi connectivity index (χ0) is 31.1. The van der Waals surface area contributed by atoms with Crippen LogP contribution in [-0.2, 0) is 59.2 Å². The molecule has 2 aromatic rings. The van der Waals surface area contributed by atoms with Crippen LogP contribution in [-0.4, -0.2) is 65.5 Å². The van der Waals surface area contributed by atoms with Gasteiger partial charge >= 0.3 is 29.8 Å². The fourth-order valence-corrected chi connectivity index (χ4v) is 6.57. The van der Waals surface area contributed by atoms with Crippen LogP contribution in [0.4, 0.5) is 0 Å². The largest absolute Gasteiger partial charge is 0.462 e. The summed E-state index contributed by atoms with van der Waals surface area (Å²) in [7, 11) is 0. The summed E-state index contributed by atoms with van der Waals surface area (Å²) in [5.74, 6) is -2.64. The summed E-state index contributed by atoms with van der Waals surface area (Å²) in [6, 6.07) is 19.2. The molecule has 10 nitrogen and oxygen atoms in total. The Bertz CT molecular complexity index is 1130. The molecule has 4 atom stereocenters. The summed E-state index contributed by atoms with van der Waals surface area (Å²) in [4.78, 5) is 60.8. The van der Waals surface area contributed by atoms with Gasteiger partial charge < -0.3 is 23.7 Å². The molecule has 0 unspecified atom stereocenters. The van der Waals surface area contributed by atoms with E-state index in [0.717, 1.165) is 38.8 Å². The third kappa shape index (κ3) is 13.0. The number of carbonyl (C=O) groups is 5. The molecule has 0 heterocycles. The molecular weight excluding hydrogens is 584 g/mol. The predicted molar refractivity (Wildman–Crippen MR) is 158 cm³/mol. The van der Waals surface area contributed by atoms with Gasteiger partial charge in [-0.2, -0.15) is 0 Å². The molecule has 0 bridgehead atoms. The van der Waals surface area contributed by atoms with Crippen LogP contribution in [0.1, 0.15) is 45.7 Å². The van der Waals surface area contributed by atoms with E-state index >= 15 is 0 Å². The van der Waals surface area contributed by atoms with E-state index in [1.165, 1.54) is 30.4 Å². The number of ether oxygens (including phenoxy) is 5. The second kappa shape index (κ2) is 18.1. The number of carbonyl (C=O) groups excluding carboxylic acids is 5. The van der Waals surface area contributed by atoms with E-state index in [1.807, 2.05) is 60.7 Å². The van der Waals surface area contributed by atoms with E-state index in [1.54, 1.807) is 0 Å². The summed E-state index contributed by atoms with van der Waals surface area (Å²) in [6.45, 7) is 5.27. The average Bonchev–Trinajstić information content (AvgIpc) is 2.92. The second-order valence-electron chi connectivity index (χ2n) is 9.13. The van der Waals surface area contributed by atoms with Crippen LogP contribution in [0, 0.1) is 0 Å². The highest BCUT2D eigenvalue weighted by Crippen LogP contribution is 2.37. The van der Waals surface area contributed by atoms with Gasteiger partial charge in [-0.15, -0.1) is 23.5 Å². The topological polar surface area (TPSA) is 132 Å². The molecule has 0 aliphatic rings. The smallest absolute Gasteiger partial charge is 0.303 e. The Morgan fingerprint density at radius 2 is 0.952 bits per heavy atom. The van der Waals surface area contributed by atoms with Gasteiger partial charge in [-0.1, -0.05) is 60.7 Å². The van der Waals surface area contributed by atoms with E-state index < -0.39 is 65.5 Å². The lowest BCUT2D eigenvalue weighted by molar-refractivity contribution is -0.201. The van der Waals surface area contributed by atoms with E-state index in [0.29, 0.717) is 11.5 Å². The monoisotopic (exact) mass is 620 g/mol. The predicted octanol–water partition coefficient (Wildman–Crippen LogP) is 4.47. The highest BCUT2D eigenvalue weighted by atomic mass is 32.2. The number of hydrogen-bond donors (Lipinski definition) is 0. The van der Waals surface area contributed by atoms with Crippen LogP contribution in [0.3, 0.4) is 0 Å². The first kappa shape index (κ1) is 34.7. The molecule has 0 amide bonds. The molecule has 0 saturated heterocycles. The van der Waals surface area contributed by atoms with E-state index in [2.05, 4.69) is 0 Å². The zero-order valence-electron chi connectivity index (χ0n) is 24.2. The van der Waals surface area contributed by atoms with Gasteiger partial charge in [0.1, 0.15) is 6.61 Å². The lowest BCUT2D eigenvalue weighted by Crippen LogP contribution is -2.55. The Morgan fingerprint density at radius 1 is 0.548 bits per heavy atom. The minimum atomic E-state index is -1.49. The first-order valence-electron chi connectivity index (χ1n) is 13.1. The number of benzene rings is 2. The fraction of sp³-hybridized carbons (Fsp3) is 0.433. The quantitative estimate of drug-likeness (QED) is 0.149. The number of esters is 5. The van der Waals surface area contributed by atoms with Crippen molar-refractivity contribution in [2.45, 2.75) is 75.1 Å². The van der Waals surface area contributed by atoms with Crippen molar-refractivity contribution in [1.82, 2.24) is 0 Å². The Morgan fingerprint density at radius 3 is 1.36 bits per heavy atom. The molecule has 2 aromatic carbocycles. The SMILES string of the molecule is CC(=O)OC[C@@H](OC(C)=O)[C@H](OC(C)=O)[C@H](OC(C)=O)[C@H](OC(C)=O)C(SCc1ccccc1)SCc1ccccc1. The maximum Gasteiger partial charge on any atom is 0.303 e. The third-order valence-corrected chi connectivity index (χ3v) is 8.48. The van der Waals surface area contributed by atoms with Crippen molar-refractivity contribution >= 4 is 53.4 Å². The van der Waals surface area contributed by atoms with E-state index in [-0.39, 0.29) is 0 Å². The van der Waals surface area contributed by atoms with Gasteiger partial charge in [-0.3, -0.25) is 24.0 Å². The molecular formula is C30H36O10S2. The number of thioether (sulfide) groups is 2. The van der Waals surface area contributed by atoms with E-state index in [4.69, 9.17) is 23.7 Å². The van der Waals surface area contributed by atoms with Gasteiger partial charge in [0.05, 0.1) is 4.58 Å². The zero-order valence-corrected chi connectivity index (χ0v) is 25.8. The first-order valence-corrected chi connectivity index (χ1v) is 15.2. The van der Waals surface area contributed by atoms with Crippen molar-refractivity contribution in [2.75, 3.05) is 6.61 Å². The van der Waals surface area contributed by atoms with Gasteiger partial charge in [0, 0.05) is 46.1 Å². The Labute approximate surface area is 254 Å². The summed E-state index contributed by atoms with van der Waals surface area (Å²) in [6.07, 6.45) is -5.49. The fourth-order valence-electron chi connectivity index (χ4n) is 3.88. The molecule has 12 heteroatoms. The van der Waals surface area contributed by atoms with Crippen molar-refractivity contribution in [3.63, 3.8) is 0 Å². The summed E-state index contributed by atoms with van der Waals surface area (Å²) in [5, 5.41) is 0. The average molecular weight is 621 g/mol. The molecule has 0 aromatic heterocycles. The van der Waals surface area contributed by atoms with Crippen LogP contribution in [0.15, 0.2) is 60.7 Å². The highest BCUT2D eigenvalue weighted by Gasteiger charge is 2.47.